The van der Waals surface area contributed by atoms with E-state index in [0.29, 0.717) is 18.3 Å². The lowest BCUT2D eigenvalue weighted by atomic mass is 10.1. The number of carbonyl (C=O) groups excluding carboxylic acids is 2. The minimum absolute atomic E-state index is 0.122. The van der Waals surface area contributed by atoms with E-state index in [-0.39, 0.29) is 22.7 Å². The van der Waals surface area contributed by atoms with Gasteiger partial charge < -0.3 is 19.5 Å². The van der Waals surface area contributed by atoms with Crippen LogP contribution in [0.25, 0.3) is 0 Å². The van der Waals surface area contributed by atoms with Crippen molar-refractivity contribution in [3.63, 3.8) is 0 Å². The molecule has 0 aliphatic heterocycles. The number of ether oxygens (including phenoxy) is 3. The van der Waals surface area contributed by atoms with Crippen molar-refractivity contribution in [2.75, 3.05) is 25.6 Å². The molecule has 0 saturated heterocycles. The molecule has 0 atom stereocenters. The highest BCUT2D eigenvalue weighted by Gasteiger charge is 2.15. The van der Waals surface area contributed by atoms with Crippen LogP contribution in [0.15, 0.2) is 42.5 Å². The maximum Gasteiger partial charge on any atom is 0.338 e. The first kappa shape index (κ1) is 22.7. The molecule has 0 spiro atoms. The van der Waals surface area contributed by atoms with Crippen molar-refractivity contribution in [1.82, 2.24) is 0 Å². The van der Waals surface area contributed by atoms with Gasteiger partial charge in [-0.05, 0) is 42.7 Å². The number of rotatable bonds is 10. The number of carbonyl (C=O) groups is 2. The molecule has 0 fully saturated rings. The molecule has 2 aromatic carbocycles. The van der Waals surface area contributed by atoms with E-state index in [1.165, 1.54) is 25.3 Å². The maximum absolute atomic E-state index is 12.1. The van der Waals surface area contributed by atoms with Crippen LogP contribution < -0.4 is 14.8 Å². The number of hydrogen-bond acceptors (Lipinski definition) is 7. The van der Waals surface area contributed by atoms with Gasteiger partial charge in [-0.2, -0.15) is 0 Å². The smallest absolute Gasteiger partial charge is 0.338 e. The van der Waals surface area contributed by atoms with E-state index in [4.69, 9.17) is 14.2 Å². The van der Waals surface area contributed by atoms with Gasteiger partial charge in [0.15, 0.2) is 6.61 Å². The van der Waals surface area contributed by atoms with Crippen LogP contribution in [0.3, 0.4) is 0 Å². The standard InChI is InChI=1S/C21H24N2O7/c1-14(2)10-11-29-17-7-4-15(5-8-17)21(25)30-13-20(24)22-18-9-6-16(23(26)27)12-19(18)28-3/h4-9,12,14H,10-11,13H2,1-3H3,(H,22,24). The Hall–Kier alpha value is -3.62. The van der Waals surface area contributed by atoms with Crippen molar-refractivity contribution < 1.29 is 28.7 Å². The first-order chi connectivity index (χ1) is 14.3. The maximum atomic E-state index is 12.1. The highest BCUT2D eigenvalue weighted by atomic mass is 16.6. The zero-order valence-corrected chi connectivity index (χ0v) is 17.0. The topological polar surface area (TPSA) is 117 Å². The molecule has 0 saturated carbocycles. The summed E-state index contributed by atoms with van der Waals surface area (Å²) in [6.07, 6.45) is 0.929. The monoisotopic (exact) mass is 416 g/mol. The average Bonchev–Trinajstić information content (AvgIpc) is 2.72. The Balaban J connectivity index is 1.87. The number of nitro groups is 1. The molecule has 0 aliphatic carbocycles. The molecule has 0 aromatic heterocycles. The van der Waals surface area contributed by atoms with Crippen LogP contribution in [0.4, 0.5) is 11.4 Å². The summed E-state index contributed by atoms with van der Waals surface area (Å²) in [6, 6.07) is 10.2. The number of methoxy groups -OCH3 is 1. The third-order valence-corrected chi connectivity index (χ3v) is 4.06. The second kappa shape index (κ2) is 10.8. The fraction of sp³-hybridized carbons (Fsp3) is 0.333. The molecular weight excluding hydrogens is 392 g/mol. The second-order valence-electron chi connectivity index (χ2n) is 6.82. The third kappa shape index (κ3) is 6.77. The predicted molar refractivity (Wildman–Crippen MR) is 110 cm³/mol. The zero-order chi connectivity index (χ0) is 22.1. The predicted octanol–water partition coefficient (Wildman–Crippen LogP) is 3.82. The van der Waals surface area contributed by atoms with E-state index < -0.39 is 23.4 Å². The van der Waals surface area contributed by atoms with Crippen LogP contribution in [0.2, 0.25) is 0 Å². The van der Waals surface area contributed by atoms with Crippen LogP contribution in [-0.4, -0.2) is 37.1 Å². The first-order valence-corrected chi connectivity index (χ1v) is 9.32. The molecule has 9 nitrogen and oxygen atoms in total. The Morgan fingerprint density at radius 1 is 1.13 bits per heavy atom. The molecule has 0 radical (unpaired) electrons. The van der Waals surface area contributed by atoms with Crippen LogP contribution in [0.5, 0.6) is 11.5 Å². The van der Waals surface area contributed by atoms with Gasteiger partial charge in [-0.3, -0.25) is 14.9 Å². The molecular formula is C21H24N2O7. The molecule has 0 heterocycles. The second-order valence-corrected chi connectivity index (χ2v) is 6.82. The van der Waals surface area contributed by atoms with Crippen molar-refractivity contribution in [1.29, 1.82) is 0 Å². The van der Waals surface area contributed by atoms with Gasteiger partial charge in [-0.25, -0.2) is 4.79 Å². The fourth-order valence-electron chi connectivity index (χ4n) is 2.40. The molecule has 160 valence electrons. The van der Waals surface area contributed by atoms with Crippen molar-refractivity contribution in [3.05, 3.63) is 58.1 Å². The molecule has 1 amide bonds. The van der Waals surface area contributed by atoms with E-state index in [0.717, 1.165) is 6.42 Å². The molecule has 0 unspecified atom stereocenters. The average molecular weight is 416 g/mol. The molecule has 30 heavy (non-hydrogen) atoms. The summed E-state index contributed by atoms with van der Waals surface area (Å²) in [5, 5.41) is 13.3. The SMILES string of the molecule is COc1cc([N+](=O)[O-])ccc1NC(=O)COC(=O)c1ccc(OCCC(C)C)cc1. The molecule has 0 aliphatic rings. The lowest BCUT2D eigenvalue weighted by Crippen LogP contribution is -2.21. The number of anilines is 1. The van der Waals surface area contributed by atoms with Gasteiger partial charge in [0.2, 0.25) is 0 Å². The zero-order valence-electron chi connectivity index (χ0n) is 17.0. The summed E-state index contributed by atoms with van der Waals surface area (Å²) < 4.78 is 15.6. The van der Waals surface area contributed by atoms with Gasteiger partial charge in [0, 0.05) is 6.07 Å². The largest absolute Gasteiger partial charge is 0.494 e. The number of nitrogens with one attached hydrogen (secondary N) is 1. The third-order valence-electron chi connectivity index (χ3n) is 4.06. The van der Waals surface area contributed by atoms with Gasteiger partial charge >= 0.3 is 5.97 Å². The normalized spacial score (nSPS) is 10.4. The minimum Gasteiger partial charge on any atom is -0.494 e. The summed E-state index contributed by atoms with van der Waals surface area (Å²) in [7, 11) is 1.32. The summed E-state index contributed by atoms with van der Waals surface area (Å²) in [5.74, 6) is 0.0437. The highest BCUT2D eigenvalue weighted by Crippen LogP contribution is 2.28. The number of non-ortho nitro benzene ring substituents is 1. The Bertz CT molecular complexity index is 895. The van der Waals surface area contributed by atoms with Gasteiger partial charge in [0.25, 0.3) is 11.6 Å². The summed E-state index contributed by atoms with van der Waals surface area (Å²) >= 11 is 0. The summed E-state index contributed by atoms with van der Waals surface area (Å²) in [6.45, 7) is 4.28. The highest BCUT2D eigenvalue weighted by molar-refractivity contribution is 5.96. The Labute approximate surface area is 174 Å². The van der Waals surface area contributed by atoms with Crippen molar-refractivity contribution in [2.45, 2.75) is 20.3 Å². The number of nitro benzene ring substituents is 1. The van der Waals surface area contributed by atoms with Gasteiger partial charge in [-0.15, -0.1) is 0 Å². The van der Waals surface area contributed by atoms with E-state index >= 15 is 0 Å². The van der Waals surface area contributed by atoms with E-state index in [1.807, 2.05) is 0 Å². The van der Waals surface area contributed by atoms with Gasteiger partial charge in [-0.1, -0.05) is 13.8 Å². The molecule has 9 heteroatoms. The van der Waals surface area contributed by atoms with E-state index in [2.05, 4.69) is 19.2 Å². The van der Waals surface area contributed by atoms with Crippen molar-refractivity contribution in [2.24, 2.45) is 5.92 Å². The van der Waals surface area contributed by atoms with Crippen LogP contribution in [0, 0.1) is 16.0 Å². The summed E-state index contributed by atoms with van der Waals surface area (Å²) in [4.78, 5) is 34.4. The first-order valence-electron chi connectivity index (χ1n) is 9.32. The minimum atomic E-state index is -0.658. The van der Waals surface area contributed by atoms with Crippen molar-refractivity contribution in [3.8, 4) is 11.5 Å². The molecule has 2 aromatic rings. The van der Waals surface area contributed by atoms with Crippen molar-refractivity contribution >= 4 is 23.3 Å². The quantitative estimate of drug-likeness (QED) is 0.355. The molecule has 2 rings (SSSR count). The lowest BCUT2D eigenvalue weighted by molar-refractivity contribution is -0.384. The fourth-order valence-corrected chi connectivity index (χ4v) is 2.40. The molecule has 1 N–H and O–H groups in total. The van der Waals surface area contributed by atoms with Crippen LogP contribution >= 0.6 is 0 Å². The van der Waals surface area contributed by atoms with E-state index in [9.17, 15) is 19.7 Å². The van der Waals surface area contributed by atoms with E-state index in [1.54, 1.807) is 24.3 Å². The van der Waals surface area contributed by atoms with Gasteiger partial charge in [0.05, 0.1) is 36.0 Å². The van der Waals surface area contributed by atoms with Crippen LogP contribution in [-0.2, 0) is 9.53 Å². The summed E-state index contributed by atoms with van der Waals surface area (Å²) in [5.41, 5.74) is 0.340. The number of esters is 1. The number of nitrogens with zero attached hydrogens (tertiary/aromatic N) is 1. The Morgan fingerprint density at radius 2 is 1.83 bits per heavy atom. The Morgan fingerprint density at radius 3 is 2.43 bits per heavy atom. The number of amides is 1. The van der Waals surface area contributed by atoms with Gasteiger partial charge in [0.1, 0.15) is 11.5 Å². The molecule has 0 bridgehead atoms. The lowest BCUT2D eigenvalue weighted by Gasteiger charge is -2.11. The van der Waals surface area contributed by atoms with Crippen LogP contribution in [0.1, 0.15) is 30.6 Å². The number of benzene rings is 2. The number of hydrogen-bond donors (Lipinski definition) is 1. The Kier molecular flexibility index (Phi) is 8.16.